The predicted octanol–water partition coefficient (Wildman–Crippen LogP) is 21.8. The molecule has 6 aromatic carbocycles. The summed E-state index contributed by atoms with van der Waals surface area (Å²) < 4.78 is 91.8. The Balaban J connectivity index is 0.000000214. The van der Waals surface area contributed by atoms with Gasteiger partial charge in [0.15, 0.2) is 16.6 Å². The predicted molar refractivity (Wildman–Crippen MR) is 460 cm³/mol. The Hall–Kier alpha value is -8.33. The van der Waals surface area contributed by atoms with Crippen molar-refractivity contribution in [3.8, 4) is 39.8 Å². The molecule has 113 heavy (non-hydrogen) atoms. The average Bonchev–Trinajstić information content (AvgIpc) is 1.62. The first kappa shape index (κ1) is 91.8. The second kappa shape index (κ2) is 39.3. The average molecular weight is 1610 g/mol. The Morgan fingerprint density at radius 1 is 0.504 bits per heavy atom. The summed E-state index contributed by atoms with van der Waals surface area (Å²) in [5.41, 5.74) is 7.94. The van der Waals surface area contributed by atoms with Gasteiger partial charge in [0.05, 0.1) is 39.1 Å². The first-order valence-corrected chi connectivity index (χ1v) is 44.9. The summed E-state index contributed by atoms with van der Waals surface area (Å²) in [5.74, 6) is 1.91. The molecule has 25 heteroatoms. The second-order valence-corrected chi connectivity index (χ2v) is 43.8. The number of rotatable bonds is 25. The van der Waals surface area contributed by atoms with E-state index in [9.17, 15) is 27.9 Å². The number of aliphatic hydroxyl groups is 1. The van der Waals surface area contributed by atoms with E-state index in [1.807, 2.05) is 235 Å². The van der Waals surface area contributed by atoms with Gasteiger partial charge in [-0.1, -0.05) is 102 Å². The fourth-order valence-electron chi connectivity index (χ4n) is 10.9. The number of nitrogens with one attached hydrogen (secondary N) is 1. The number of aliphatic hydroxyl groups excluding tert-OH is 1. The van der Waals surface area contributed by atoms with Crippen LogP contribution in [-0.4, -0.2) is 156 Å². The molecule has 0 spiro atoms. The molecule has 3 aromatic heterocycles. The van der Waals surface area contributed by atoms with Gasteiger partial charge in [0.1, 0.15) is 91.8 Å². The summed E-state index contributed by atoms with van der Waals surface area (Å²) in [6.07, 6.45) is -2.96. The summed E-state index contributed by atoms with van der Waals surface area (Å²) in [6.45, 7) is 46.7. The number of benzene rings is 6. The lowest BCUT2D eigenvalue weighted by Crippen LogP contribution is -2.46. The van der Waals surface area contributed by atoms with Crippen molar-refractivity contribution in [2.75, 3.05) is 74.6 Å². The van der Waals surface area contributed by atoms with Crippen LogP contribution in [0.2, 0.25) is 41.4 Å². The number of carbonyl (C=O) groups excluding carboxylic acids is 2. The number of halogens is 4. The van der Waals surface area contributed by atoms with Gasteiger partial charge in [-0.3, -0.25) is 9.80 Å². The molecule has 612 valence electrons. The number of hydrogen-bond acceptors (Lipinski definition) is 16. The van der Waals surface area contributed by atoms with Crippen molar-refractivity contribution in [1.29, 1.82) is 0 Å². The van der Waals surface area contributed by atoms with Gasteiger partial charge in [-0.05, 0) is 247 Å². The van der Waals surface area contributed by atoms with Crippen LogP contribution in [0.15, 0.2) is 164 Å². The zero-order valence-corrected chi connectivity index (χ0v) is 73.2. The zero-order chi connectivity index (χ0) is 83.7. The number of ether oxygens (including phenoxy) is 5. The molecule has 1 saturated heterocycles. The summed E-state index contributed by atoms with van der Waals surface area (Å²) in [5, 5.41) is 15.8. The molecule has 0 bridgehead atoms. The van der Waals surface area contributed by atoms with Gasteiger partial charge in [0.25, 0.3) is 0 Å². The molecular weight excluding hydrogens is 1490 g/mol. The number of anilines is 3. The van der Waals surface area contributed by atoms with E-state index in [0.29, 0.717) is 35.5 Å². The lowest BCUT2D eigenvalue weighted by molar-refractivity contribution is 0.00578. The molecule has 0 aliphatic carbocycles. The molecule has 0 saturated carbocycles. The van der Waals surface area contributed by atoms with E-state index in [1.165, 1.54) is 0 Å². The highest BCUT2D eigenvalue weighted by molar-refractivity contribution is 6.74. The number of nitrogens with zero attached hydrogens (tertiary/aromatic N) is 5. The highest BCUT2D eigenvalue weighted by atomic mass is 35.5. The highest BCUT2D eigenvalue weighted by Gasteiger charge is 2.52. The first-order valence-electron chi connectivity index (χ1n) is 38.7. The summed E-state index contributed by atoms with van der Waals surface area (Å²) >= 11 is 5.88. The Kier molecular flexibility index (Phi) is 32.0. The maximum absolute atomic E-state index is 13.7. The third-order valence-electron chi connectivity index (χ3n) is 19.9. The molecule has 9 aromatic rings. The van der Waals surface area contributed by atoms with Crippen LogP contribution >= 0.6 is 11.6 Å². The van der Waals surface area contributed by atoms with Crippen LogP contribution in [0.5, 0.6) is 17.2 Å². The fourth-order valence-corrected chi connectivity index (χ4v) is 13.7. The molecule has 4 heterocycles. The van der Waals surface area contributed by atoms with Gasteiger partial charge in [0.2, 0.25) is 0 Å². The minimum atomic E-state index is -2.09. The first-order chi connectivity index (χ1) is 52.8. The number of pyridine rings is 3. The van der Waals surface area contributed by atoms with Crippen LogP contribution in [0.4, 0.5) is 39.8 Å². The lowest BCUT2D eigenvalue weighted by atomic mass is 9.79. The van der Waals surface area contributed by atoms with Crippen molar-refractivity contribution in [3.05, 3.63) is 169 Å². The van der Waals surface area contributed by atoms with E-state index in [1.54, 1.807) is 21.9 Å². The van der Waals surface area contributed by atoms with Crippen molar-refractivity contribution in [1.82, 2.24) is 15.0 Å². The smallest absolute Gasteiger partial charge is 0.491 e. The number of fused-ring (bicyclic) bond motifs is 3. The SMILES string of the molecule is CC(C)(C)[Si](C)(C)OC(CF)COc1ccc2nc(Cl)ccc2c1.CCN(C(=O)OC(C)(C)C)c1ccc(-c2ccc3cc(OCC(CF)O[Si](C)(C)C(C)(C)C)ccc3n2)cc1.CCN(C(=O)OC(C)(C)C)c1ccc(B2OC(C)(C)C(C)(C)O2)cc1.CCNc1ccc(-c2ccc3cc(OCC(O)CF)ccc3n2)cc1. The fraction of sp³-hybridized carbons (Fsp3) is 0.466. The maximum atomic E-state index is 13.7. The van der Waals surface area contributed by atoms with Gasteiger partial charge in [-0.15, -0.1) is 0 Å². The lowest BCUT2D eigenvalue weighted by Gasteiger charge is -2.38. The number of hydrogen-bond donors (Lipinski definition) is 2. The van der Waals surface area contributed by atoms with E-state index < -0.39 is 73.3 Å². The van der Waals surface area contributed by atoms with E-state index in [2.05, 4.69) is 89.9 Å². The topological polar surface area (TPSA) is 195 Å². The molecule has 0 radical (unpaired) electrons. The van der Waals surface area contributed by atoms with E-state index >= 15 is 0 Å². The maximum Gasteiger partial charge on any atom is 0.494 e. The largest absolute Gasteiger partial charge is 0.494 e. The van der Waals surface area contributed by atoms with Crippen molar-refractivity contribution >= 4 is 103 Å². The van der Waals surface area contributed by atoms with Crippen molar-refractivity contribution in [3.63, 3.8) is 0 Å². The third kappa shape index (κ3) is 26.6. The van der Waals surface area contributed by atoms with Crippen LogP contribution < -0.4 is 34.8 Å². The Bertz CT molecular complexity index is 4540. The Morgan fingerprint density at radius 2 is 0.867 bits per heavy atom. The van der Waals surface area contributed by atoms with Crippen molar-refractivity contribution < 1.29 is 69.7 Å². The van der Waals surface area contributed by atoms with Crippen LogP contribution in [0.25, 0.3) is 55.2 Å². The molecule has 1 fully saturated rings. The van der Waals surface area contributed by atoms with Crippen molar-refractivity contribution in [2.24, 2.45) is 0 Å². The van der Waals surface area contributed by atoms with E-state index in [-0.39, 0.29) is 53.3 Å². The van der Waals surface area contributed by atoms with E-state index in [4.69, 9.17) is 58.4 Å². The van der Waals surface area contributed by atoms with Gasteiger partial charge >= 0.3 is 19.3 Å². The molecule has 18 nitrogen and oxygen atoms in total. The van der Waals surface area contributed by atoms with Crippen molar-refractivity contribution in [2.45, 2.75) is 209 Å². The summed E-state index contributed by atoms with van der Waals surface area (Å²) in [7, 11) is -4.52. The Morgan fingerprint density at radius 3 is 1.22 bits per heavy atom. The monoisotopic (exact) mass is 1610 g/mol. The molecule has 10 rings (SSSR count). The molecule has 2 N–H and O–H groups in total. The number of alkyl halides is 3. The van der Waals surface area contributed by atoms with Gasteiger partial charge < -0.3 is 52.3 Å². The van der Waals surface area contributed by atoms with Gasteiger partial charge in [-0.25, -0.2) is 37.7 Å². The quantitative estimate of drug-likeness (QED) is 0.0405. The van der Waals surface area contributed by atoms with Crippen LogP contribution in [0, 0.1) is 0 Å². The van der Waals surface area contributed by atoms with Gasteiger partial charge in [0, 0.05) is 64.0 Å². The molecule has 2 amide bonds. The number of carbonyl (C=O) groups is 2. The molecule has 3 unspecified atom stereocenters. The van der Waals surface area contributed by atoms with Crippen LogP contribution in [0.3, 0.4) is 0 Å². The second-order valence-electron chi connectivity index (χ2n) is 33.9. The van der Waals surface area contributed by atoms with Crippen LogP contribution in [0.1, 0.15) is 132 Å². The minimum Gasteiger partial charge on any atom is -0.491 e. The van der Waals surface area contributed by atoms with E-state index in [0.717, 1.165) is 84.3 Å². The molecule has 1 aliphatic rings. The minimum absolute atomic E-state index is 0.000543. The van der Waals surface area contributed by atoms with Crippen LogP contribution in [-0.2, 0) is 27.6 Å². The summed E-state index contributed by atoms with van der Waals surface area (Å²) in [4.78, 5) is 41.9. The summed E-state index contributed by atoms with van der Waals surface area (Å²) in [6, 6.07) is 51.7. The third-order valence-corrected chi connectivity index (χ3v) is 29.2. The number of aromatic nitrogens is 3. The molecular formula is C88H119BClF3N6O12Si2. The standard InChI is InChI=1S/C31H43FN2O4Si.C20H21FN2O2.C19H30BNO4.C18H25ClFNO2Si/c1-10-34(29(35)37-30(2,3)4)24-14-11-22(12-15-24)27-17-13-23-19-25(16-18-28(23)33-27)36-21-26(20-32)38-39(8,9)31(5,6)7;1-2-22-16-6-3-14(4-7-16)19-9-5-15-11-18(8-10-20(15)23-19)25-13-17(24)12-21;1-9-21(16(22)23-17(2,3)4)15-12-10-14(11-13-15)20-24-18(5,6)19(7,8)25-20;1-18(2,3)24(4,5)23-15(11-20)12-22-14-7-8-16-13(10-14)6-9-17(19)21-16/h11-19,26H,10,20-21H2,1-9H3;3-11,17,22,24H,2,12-13H2,1H3;10-13H,9H2,1-8H3;6-10,15H,11-12H2,1-5H3. The molecule has 1 aliphatic heterocycles. The zero-order valence-electron chi connectivity index (χ0n) is 70.4. The normalized spacial score (nSPS) is 14.4. The number of amides is 2. The molecule has 3 atom stereocenters. The van der Waals surface area contributed by atoms with Gasteiger partial charge in [-0.2, -0.15) is 0 Å². The Labute approximate surface area is 675 Å². The highest BCUT2D eigenvalue weighted by Crippen LogP contribution is 2.40.